The van der Waals surface area contributed by atoms with Crippen LogP contribution in [0.1, 0.15) is 12.0 Å². The largest absolute Gasteiger partial charge is 0.389 e. The molecule has 5 heteroatoms. The Labute approximate surface area is 111 Å². The molecule has 1 heterocycles. The summed E-state index contributed by atoms with van der Waals surface area (Å²) in [7, 11) is 1.64. The molecule has 3 N–H and O–H groups in total. The second-order valence-corrected chi connectivity index (χ2v) is 4.47. The first kappa shape index (κ1) is 12.6. The van der Waals surface area contributed by atoms with Gasteiger partial charge in [-0.2, -0.15) is 0 Å². The summed E-state index contributed by atoms with van der Waals surface area (Å²) < 4.78 is 2.03. The van der Waals surface area contributed by atoms with E-state index in [-0.39, 0.29) is 5.91 Å². The van der Waals surface area contributed by atoms with Gasteiger partial charge >= 0.3 is 0 Å². The number of fused-ring (bicyclic) bond motifs is 1. The molecular weight excluding hydrogens is 246 g/mol. The van der Waals surface area contributed by atoms with Crippen LogP contribution >= 0.6 is 12.2 Å². The van der Waals surface area contributed by atoms with E-state index < -0.39 is 0 Å². The van der Waals surface area contributed by atoms with Crippen LogP contribution < -0.4 is 11.1 Å². The molecule has 0 unspecified atom stereocenters. The molecule has 1 aromatic carbocycles. The summed E-state index contributed by atoms with van der Waals surface area (Å²) in [6.45, 7) is 0.643. The third kappa shape index (κ3) is 2.36. The van der Waals surface area contributed by atoms with E-state index in [2.05, 4.69) is 5.32 Å². The first-order chi connectivity index (χ1) is 8.63. The lowest BCUT2D eigenvalue weighted by Gasteiger charge is -2.06. The van der Waals surface area contributed by atoms with E-state index >= 15 is 0 Å². The maximum Gasteiger partial charge on any atom is 0.221 e. The molecule has 1 amide bonds. The summed E-state index contributed by atoms with van der Waals surface area (Å²) in [6, 6.07) is 7.82. The number of carbonyl (C=O) groups excluding carboxylic acids is 1. The molecule has 94 valence electrons. The average Bonchev–Trinajstić information content (AvgIpc) is 2.78. The number of nitrogens with one attached hydrogen (secondary N) is 1. The second-order valence-electron chi connectivity index (χ2n) is 4.03. The van der Waals surface area contributed by atoms with Gasteiger partial charge in [0.15, 0.2) is 0 Å². The number of nitrogens with zero attached hydrogens (tertiary/aromatic N) is 1. The fourth-order valence-corrected chi connectivity index (χ4v) is 2.16. The van der Waals surface area contributed by atoms with Crippen LogP contribution in [0.4, 0.5) is 0 Å². The normalized spacial score (nSPS) is 10.5. The van der Waals surface area contributed by atoms with E-state index in [1.165, 1.54) is 0 Å². The highest BCUT2D eigenvalue weighted by Crippen LogP contribution is 2.20. The molecule has 0 saturated heterocycles. The highest BCUT2D eigenvalue weighted by Gasteiger charge is 2.08. The van der Waals surface area contributed by atoms with Gasteiger partial charge in [0.25, 0.3) is 0 Å². The van der Waals surface area contributed by atoms with Crippen molar-refractivity contribution in [2.24, 2.45) is 5.73 Å². The summed E-state index contributed by atoms with van der Waals surface area (Å²) in [5.74, 6) is 0.0300. The van der Waals surface area contributed by atoms with Crippen molar-refractivity contribution in [3.8, 4) is 0 Å². The van der Waals surface area contributed by atoms with Gasteiger partial charge in [0.05, 0.1) is 0 Å². The molecule has 2 aromatic rings. The standard InChI is InChI=1S/C13H15N3OS/c1-15-12(17)6-8-16-7-5-9-10(13(14)18)3-2-4-11(9)16/h2-5,7H,6,8H2,1H3,(H2,14,18)(H,15,17). The zero-order chi connectivity index (χ0) is 13.1. The zero-order valence-corrected chi connectivity index (χ0v) is 11.0. The molecular formula is C13H15N3OS. The Morgan fingerprint density at radius 2 is 2.22 bits per heavy atom. The van der Waals surface area contributed by atoms with Gasteiger partial charge in [0.2, 0.25) is 5.91 Å². The monoisotopic (exact) mass is 261 g/mol. The summed E-state index contributed by atoms with van der Waals surface area (Å²) in [5.41, 5.74) is 7.61. The van der Waals surface area contributed by atoms with Gasteiger partial charge in [-0.1, -0.05) is 24.4 Å². The summed E-state index contributed by atoms with van der Waals surface area (Å²) >= 11 is 5.03. The van der Waals surface area contributed by atoms with Crippen molar-refractivity contribution in [1.82, 2.24) is 9.88 Å². The molecule has 4 nitrogen and oxygen atoms in total. The van der Waals surface area contributed by atoms with Crippen molar-refractivity contribution >= 4 is 34.0 Å². The highest BCUT2D eigenvalue weighted by molar-refractivity contribution is 7.80. The van der Waals surface area contributed by atoms with Gasteiger partial charge < -0.3 is 15.6 Å². The van der Waals surface area contributed by atoms with Gasteiger partial charge in [-0.15, -0.1) is 0 Å². The van der Waals surface area contributed by atoms with Crippen molar-refractivity contribution in [3.63, 3.8) is 0 Å². The number of benzene rings is 1. The predicted molar refractivity (Wildman–Crippen MR) is 76.5 cm³/mol. The minimum atomic E-state index is 0.0300. The lowest BCUT2D eigenvalue weighted by Crippen LogP contribution is -2.19. The molecule has 0 aliphatic carbocycles. The van der Waals surface area contributed by atoms with E-state index in [0.717, 1.165) is 16.5 Å². The quantitative estimate of drug-likeness (QED) is 0.818. The van der Waals surface area contributed by atoms with E-state index in [1.54, 1.807) is 7.05 Å². The Bertz CT molecular complexity index is 603. The van der Waals surface area contributed by atoms with Gasteiger partial charge in [0, 0.05) is 42.7 Å². The molecule has 0 bridgehead atoms. The first-order valence-corrected chi connectivity index (χ1v) is 6.12. The topological polar surface area (TPSA) is 60.0 Å². The molecule has 2 rings (SSSR count). The van der Waals surface area contributed by atoms with Gasteiger partial charge in [-0.05, 0) is 12.1 Å². The van der Waals surface area contributed by atoms with Gasteiger partial charge in [-0.25, -0.2) is 0 Å². The van der Waals surface area contributed by atoms with Crippen molar-refractivity contribution in [1.29, 1.82) is 0 Å². The Balaban J connectivity index is 2.34. The Morgan fingerprint density at radius 1 is 1.44 bits per heavy atom. The summed E-state index contributed by atoms with van der Waals surface area (Å²) in [5, 5.41) is 3.64. The fraction of sp³-hybridized carbons (Fsp3) is 0.231. The SMILES string of the molecule is CNC(=O)CCn1ccc2c(C(N)=S)cccc21. The zero-order valence-electron chi connectivity index (χ0n) is 10.1. The van der Waals surface area contributed by atoms with E-state index in [9.17, 15) is 4.79 Å². The Kier molecular flexibility index (Phi) is 3.62. The smallest absolute Gasteiger partial charge is 0.221 e. The molecule has 0 radical (unpaired) electrons. The predicted octanol–water partition coefficient (Wildman–Crippen LogP) is 1.41. The van der Waals surface area contributed by atoms with Crippen molar-refractivity contribution in [2.75, 3.05) is 7.05 Å². The molecule has 0 aliphatic rings. The number of thiocarbonyl (C=S) groups is 1. The van der Waals surface area contributed by atoms with E-state index in [0.29, 0.717) is 18.0 Å². The number of hydrogen-bond acceptors (Lipinski definition) is 2. The third-order valence-electron chi connectivity index (χ3n) is 2.94. The maximum absolute atomic E-state index is 11.3. The van der Waals surface area contributed by atoms with Crippen LogP contribution in [0.3, 0.4) is 0 Å². The highest BCUT2D eigenvalue weighted by atomic mass is 32.1. The number of aryl methyl sites for hydroxylation is 1. The average molecular weight is 261 g/mol. The van der Waals surface area contributed by atoms with Crippen LogP contribution in [0.15, 0.2) is 30.5 Å². The number of hydrogen-bond donors (Lipinski definition) is 2. The molecule has 0 aliphatic heterocycles. The number of aromatic nitrogens is 1. The van der Waals surface area contributed by atoms with E-state index in [1.807, 2.05) is 35.0 Å². The minimum absolute atomic E-state index is 0.0300. The second kappa shape index (κ2) is 5.18. The van der Waals surface area contributed by atoms with Gasteiger partial charge in [-0.3, -0.25) is 4.79 Å². The maximum atomic E-state index is 11.3. The molecule has 0 spiro atoms. The minimum Gasteiger partial charge on any atom is -0.389 e. The van der Waals surface area contributed by atoms with Crippen molar-refractivity contribution in [2.45, 2.75) is 13.0 Å². The Morgan fingerprint density at radius 3 is 2.89 bits per heavy atom. The summed E-state index contributed by atoms with van der Waals surface area (Å²) in [4.78, 5) is 11.6. The van der Waals surface area contributed by atoms with Crippen LogP contribution in [-0.2, 0) is 11.3 Å². The summed E-state index contributed by atoms with van der Waals surface area (Å²) in [6.07, 6.45) is 2.41. The molecule has 0 fully saturated rings. The third-order valence-corrected chi connectivity index (χ3v) is 3.16. The van der Waals surface area contributed by atoms with Crippen molar-refractivity contribution < 1.29 is 4.79 Å². The van der Waals surface area contributed by atoms with Crippen LogP contribution in [0.5, 0.6) is 0 Å². The molecule has 0 saturated carbocycles. The lowest BCUT2D eigenvalue weighted by molar-refractivity contribution is -0.120. The van der Waals surface area contributed by atoms with Crippen LogP contribution in [0.2, 0.25) is 0 Å². The van der Waals surface area contributed by atoms with Gasteiger partial charge in [0.1, 0.15) is 4.99 Å². The molecule has 1 aromatic heterocycles. The van der Waals surface area contributed by atoms with Crippen molar-refractivity contribution in [3.05, 3.63) is 36.0 Å². The first-order valence-electron chi connectivity index (χ1n) is 5.71. The number of rotatable bonds is 4. The van der Waals surface area contributed by atoms with E-state index in [4.69, 9.17) is 18.0 Å². The fourth-order valence-electron chi connectivity index (χ4n) is 1.98. The lowest BCUT2D eigenvalue weighted by atomic mass is 10.1. The molecule has 18 heavy (non-hydrogen) atoms. The van der Waals surface area contributed by atoms with Crippen LogP contribution in [0, 0.1) is 0 Å². The van der Waals surface area contributed by atoms with Crippen LogP contribution in [-0.4, -0.2) is 22.5 Å². The number of carbonyl (C=O) groups is 1. The molecule has 0 atom stereocenters. The number of nitrogens with two attached hydrogens (primary N) is 1. The number of amides is 1. The van der Waals surface area contributed by atoms with Crippen LogP contribution in [0.25, 0.3) is 10.9 Å². The Hall–Kier alpha value is -1.88.